The Morgan fingerprint density at radius 3 is 2.50 bits per heavy atom. The molecule has 0 saturated heterocycles. The second-order valence-corrected chi connectivity index (χ2v) is 3.49. The van der Waals surface area contributed by atoms with Crippen molar-refractivity contribution >= 4 is 12.6 Å². The summed E-state index contributed by atoms with van der Waals surface area (Å²) >= 11 is 3.93. The number of hydrogen-bond donors (Lipinski definition) is 3. The van der Waals surface area contributed by atoms with Gasteiger partial charge in [0.1, 0.15) is 11.9 Å². The Labute approximate surface area is 87.8 Å². The van der Waals surface area contributed by atoms with Gasteiger partial charge in [-0.25, -0.2) is 4.39 Å². The van der Waals surface area contributed by atoms with E-state index in [-0.39, 0.29) is 5.56 Å². The van der Waals surface area contributed by atoms with Gasteiger partial charge in [-0.05, 0) is 18.2 Å². The Balaban J connectivity index is 2.78. The smallest absolute Gasteiger partial charge is 0.129 e. The van der Waals surface area contributed by atoms with Crippen LogP contribution in [0.4, 0.5) is 4.39 Å². The predicted molar refractivity (Wildman–Crippen MR) is 55.8 cm³/mol. The van der Waals surface area contributed by atoms with Crippen LogP contribution in [0.1, 0.15) is 18.1 Å². The van der Waals surface area contributed by atoms with Crippen LogP contribution in [-0.2, 0) is 0 Å². The number of hydrogen-bond acceptors (Lipinski definition) is 3. The van der Waals surface area contributed by atoms with Gasteiger partial charge in [0.15, 0.2) is 0 Å². The van der Waals surface area contributed by atoms with Gasteiger partial charge in [0.2, 0.25) is 0 Å². The van der Waals surface area contributed by atoms with Crippen LogP contribution in [0.5, 0.6) is 0 Å². The van der Waals surface area contributed by atoms with Gasteiger partial charge in [0, 0.05) is 5.56 Å². The zero-order valence-corrected chi connectivity index (χ0v) is 8.49. The Morgan fingerprint density at radius 1 is 1.29 bits per heavy atom. The van der Waals surface area contributed by atoms with Gasteiger partial charge in [-0.2, -0.15) is 12.6 Å². The summed E-state index contributed by atoms with van der Waals surface area (Å²) in [5, 5.41) is 19.0. The summed E-state index contributed by atoms with van der Waals surface area (Å²) in [6.45, 7) is 0. The molecule has 4 heteroatoms. The topological polar surface area (TPSA) is 40.5 Å². The molecular weight excluding hydrogens is 203 g/mol. The first-order valence-corrected chi connectivity index (χ1v) is 5.01. The van der Waals surface area contributed by atoms with Crippen LogP contribution in [0, 0.1) is 5.82 Å². The van der Waals surface area contributed by atoms with Crippen molar-refractivity contribution in [2.75, 3.05) is 5.75 Å². The van der Waals surface area contributed by atoms with Crippen LogP contribution in [0.25, 0.3) is 0 Å². The fourth-order valence-corrected chi connectivity index (χ4v) is 1.48. The standard InChI is InChI=1S/C10H13FO2S/c11-8-4-2-1-3-7(8)10(13)9(12)5-6-14/h1-4,9-10,12-14H,5-6H2. The monoisotopic (exact) mass is 216 g/mol. The lowest BCUT2D eigenvalue weighted by Gasteiger charge is -2.17. The van der Waals surface area contributed by atoms with Crippen LogP contribution in [0.15, 0.2) is 24.3 Å². The van der Waals surface area contributed by atoms with E-state index in [9.17, 15) is 14.6 Å². The molecule has 78 valence electrons. The number of aliphatic hydroxyl groups is 2. The van der Waals surface area contributed by atoms with Crippen LogP contribution >= 0.6 is 12.6 Å². The van der Waals surface area contributed by atoms with Crippen molar-refractivity contribution in [3.63, 3.8) is 0 Å². The van der Waals surface area contributed by atoms with E-state index in [4.69, 9.17) is 0 Å². The highest BCUT2D eigenvalue weighted by Crippen LogP contribution is 2.21. The molecule has 0 spiro atoms. The van der Waals surface area contributed by atoms with Crippen molar-refractivity contribution in [3.05, 3.63) is 35.6 Å². The summed E-state index contributed by atoms with van der Waals surface area (Å²) in [6, 6.07) is 5.87. The largest absolute Gasteiger partial charge is 0.390 e. The number of benzene rings is 1. The third-order valence-corrected chi connectivity index (χ3v) is 2.27. The molecule has 0 aliphatic rings. The van der Waals surface area contributed by atoms with E-state index in [2.05, 4.69) is 12.6 Å². The Kier molecular flexibility index (Phi) is 4.38. The van der Waals surface area contributed by atoms with Crippen LogP contribution < -0.4 is 0 Å². The van der Waals surface area contributed by atoms with Crippen molar-refractivity contribution in [2.45, 2.75) is 18.6 Å². The summed E-state index contributed by atoms with van der Waals surface area (Å²) in [7, 11) is 0. The number of aliphatic hydroxyl groups excluding tert-OH is 2. The quantitative estimate of drug-likeness (QED) is 0.668. The molecule has 0 bridgehead atoms. The summed E-state index contributed by atoms with van der Waals surface area (Å²) < 4.78 is 13.2. The van der Waals surface area contributed by atoms with E-state index in [1.807, 2.05) is 0 Å². The first kappa shape index (κ1) is 11.5. The van der Waals surface area contributed by atoms with Crippen LogP contribution in [0.2, 0.25) is 0 Å². The van der Waals surface area contributed by atoms with E-state index < -0.39 is 18.0 Å². The number of thiol groups is 1. The highest BCUT2D eigenvalue weighted by Gasteiger charge is 2.20. The lowest BCUT2D eigenvalue weighted by atomic mass is 10.0. The molecule has 2 nitrogen and oxygen atoms in total. The van der Waals surface area contributed by atoms with Gasteiger partial charge in [0.05, 0.1) is 6.10 Å². The van der Waals surface area contributed by atoms with Crippen molar-refractivity contribution in [1.82, 2.24) is 0 Å². The summed E-state index contributed by atoms with van der Waals surface area (Å²) in [5.41, 5.74) is 0.127. The van der Waals surface area contributed by atoms with Crippen molar-refractivity contribution < 1.29 is 14.6 Å². The average molecular weight is 216 g/mol. The van der Waals surface area contributed by atoms with Gasteiger partial charge < -0.3 is 10.2 Å². The Bertz CT molecular complexity index is 293. The van der Waals surface area contributed by atoms with Gasteiger partial charge in [-0.15, -0.1) is 0 Å². The van der Waals surface area contributed by atoms with Crippen molar-refractivity contribution in [1.29, 1.82) is 0 Å². The highest BCUT2D eigenvalue weighted by atomic mass is 32.1. The van der Waals surface area contributed by atoms with Gasteiger partial charge >= 0.3 is 0 Å². The molecule has 0 amide bonds. The molecule has 1 aromatic carbocycles. The summed E-state index contributed by atoms with van der Waals surface area (Å²) in [6.07, 6.45) is -1.81. The molecule has 0 fully saturated rings. The summed E-state index contributed by atoms with van der Waals surface area (Å²) in [4.78, 5) is 0. The normalized spacial score (nSPS) is 15.1. The number of halogens is 1. The maximum Gasteiger partial charge on any atom is 0.129 e. The minimum absolute atomic E-state index is 0.127. The molecule has 2 atom stereocenters. The first-order valence-electron chi connectivity index (χ1n) is 4.38. The molecule has 14 heavy (non-hydrogen) atoms. The fraction of sp³-hybridized carbons (Fsp3) is 0.400. The minimum atomic E-state index is -1.18. The maximum atomic E-state index is 13.2. The van der Waals surface area contributed by atoms with Crippen molar-refractivity contribution in [3.8, 4) is 0 Å². The maximum absolute atomic E-state index is 13.2. The van der Waals surface area contributed by atoms with Gasteiger partial charge in [0.25, 0.3) is 0 Å². The van der Waals surface area contributed by atoms with Crippen LogP contribution in [0.3, 0.4) is 0 Å². The average Bonchev–Trinajstić information content (AvgIpc) is 2.18. The minimum Gasteiger partial charge on any atom is -0.390 e. The predicted octanol–water partition coefficient (Wildman–Crippen LogP) is 1.54. The third kappa shape index (κ3) is 2.70. The van der Waals surface area contributed by atoms with Crippen LogP contribution in [-0.4, -0.2) is 22.1 Å². The fourth-order valence-electron chi connectivity index (χ4n) is 1.21. The van der Waals surface area contributed by atoms with E-state index in [1.54, 1.807) is 6.07 Å². The molecule has 0 aliphatic heterocycles. The van der Waals surface area contributed by atoms with E-state index >= 15 is 0 Å². The molecule has 0 aromatic heterocycles. The second-order valence-electron chi connectivity index (χ2n) is 3.05. The van der Waals surface area contributed by atoms with E-state index in [0.717, 1.165) is 0 Å². The van der Waals surface area contributed by atoms with Gasteiger partial charge in [-0.1, -0.05) is 18.2 Å². The lowest BCUT2D eigenvalue weighted by molar-refractivity contribution is 0.0152. The second kappa shape index (κ2) is 5.34. The molecule has 1 aromatic rings. The van der Waals surface area contributed by atoms with Gasteiger partial charge in [-0.3, -0.25) is 0 Å². The first-order chi connectivity index (χ1) is 6.66. The zero-order valence-electron chi connectivity index (χ0n) is 7.60. The van der Waals surface area contributed by atoms with E-state index in [1.165, 1.54) is 18.2 Å². The van der Waals surface area contributed by atoms with Crippen molar-refractivity contribution in [2.24, 2.45) is 0 Å². The molecule has 0 radical (unpaired) electrons. The Hall–Kier alpha value is -0.580. The summed E-state index contributed by atoms with van der Waals surface area (Å²) in [5.74, 6) is -0.0506. The SMILES string of the molecule is OC(CCS)C(O)c1ccccc1F. The highest BCUT2D eigenvalue weighted by molar-refractivity contribution is 7.80. The third-order valence-electron chi connectivity index (χ3n) is 2.01. The molecule has 0 heterocycles. The zero-order chi connectivity index (χ0) is 10.6. The molecular formula is C10H13FO2S. The lowest BCUT2D eigenvalue weighted by Crippen LogP contribution is -2.19. The van der Waals surface area contributed by atoms with E-state index in [0.29, 0.717) is 12.2 Å². The molecule has 1 rings (SSSR count). The molecule has 0 saturated carbocycles. The molecule has 2 unspecified atom stereocenters. The number of rotatable bonds is 4. The Morgan fingerprint density at radius 2 is 1.93 bits per heavy atom. The molecule has 0 aliphatic carbocycles. The molecule has 2 N–H and O–H groups in total.